The lowest BCUT2D eigenvalue weighted by Crippen LogP contribution is -2.26. The zero-order valence-corrected chi connectivity index (χ0v) is 21.2. The first-order valence-electron chi connectivity index (χ1n) is 11.8. The molecule has 4 rings (SSSR count). The van der Waals surface area contributed by atoms with Crippen LogP contribution < -0.4 is 15.2 Å². The van der Waals surface area contributed by atoms with Crippen LogP contribution in [0.15, 0.2) is 91.2 Å². The molecule has 0 aliphatic carbocycles. The maximum absolute atomic E-state index is 5.37. The molecule has 0 unspecified atom stereocenters. The van der Waals surface area contributed by atoms with Crippen LogP contribution in [0.4, 0.5) is 0 Å². The summed E-state index contributed by atoms with van der Waals surface area (Å²) in [6.07, 6.45) is 11.6. The molecule has 1 aromatic heterocycles. The number of aromatic nitrogens is 2. The van der Waals surface area contributed by atoms with E-state index in [0.29, 0.717) is 5.76 Å². The Hall–Kier alpha value is -4.44. The van der Waals surface area contributed by atoms with E-state index in [-0.39, 0.29) is 0 Å². The molecule has 0 saturated carbocycles. The highest BCUT2D eigenvalue weighted by Crippen LogP contribution is 2.30. The summed E-state index contributed by atoms with van der Waals surface area (Å²) in [6.45, 7) is 12.3. The number of methoxy groups -OCH3 is 2. The highest BCUT2D eigenvalue weighted by atomic mass is 16.5. The number of hydrogen-bond acceptors (Lipinski definition) is 4. The molecule has 0 saturated heterocycles. The van der Waals surface area contributed by atoms with Gasteiger partial charge < -0.3 is 9.47 Å². The fraction of sp³-hybridized carbons (Fsp3) is 0.125. The first-order chi connectivity index (χ1) is 17.5. The predicted molar refractivity (Wildman–Crippen MR) is 152 cm³/mol. The molecule has 36 heavy (non-hydrogen) atoms. The number of fused-ring (bicyclic) bond motifs is 3. The predicted octanol–water partition coefficient (Wildman–Crippen LogP) is 6.35. The summed E-state index contributed by atoms with van der Waals surface area (Å²) in [5.41, 5.74) is 5.07. The molecule has 0 aliphatic heterocycles. The first kappa shape index (κ1) is 24.7. The molecule has 1 heterocycles. The van der Waals surface area contributed by atoms with Crippen molar-refractivity contribution in [3.05, 3.63) is 107 Å². The average molecular weight is 475 g/mol. The Labute approximate surface area is 211 Å². The van der Waals surface area contributed by atoms with Gasteiger partial charge in [-0.25, -0.2) is 9.97 Å². The number of hydrogen-bond donors (Lipinski definition) is 0. The minimum Gasteiger partial charge on any atom is -0.497 e. The maximum Gasteiger partial charge on any atom is 0.118 e. The van der Waals surface area contributed by atoms with E-state index < -0.39 is 0 Å². The quantitative estimate of drug-likeness (QED) is 0.178. The van der Waals surface area contributed by atoms with Crippen molar-refractivity contribution in [3.8, 4) is 17.0 Å². The lowest BCUT2D eigenvalue weighted by atomic mass is 10.0. The largest absolute Gasteiger partial charge is 0.497 e. The van der Waals surface area contributed by atoms with Crippen LogP contribution in [0.1, 0.15) is 19.5 Å². The Morgan fingerprint density at radius 3 is 2.28 bits per heavy atom. The monoisotopic (exact) mass is 474 g/mol. The second kappa shape index (κ2) is 10.9. The normalized spacial score (nSPS) is 13.1. The summed E-state index contributed by atoms with van der Waals surface area (Å²) >= 11 is 0. The van der Waals surface area contributed by atoms with Gasteiger partial charge in [-0.3, -0.25) is 0 Å². The minimum absolute atomic E-state index is 0.668. The third-order valence-corrected chi connectivity index (χ3v) is 6.11. The molecule has 0 spiro atoms. The van der Waals surface area contributed by atoms with Crippen LogP contribution >= 0.6 is 0 Å². The summed E-state index contributed by atoms with van der Waals surface area (Å²) < 4.78 is 10.7. The molecule has 4 heteroatoms. The zero-order chi connectivity index (χ0) is 25.7. The molecule has 180 valence electrons. The second-order valence-corrected chi connectivity index (χ2v) is 8.30. The number of nitrogens with zero attached hydrogens (tertiary/aromatic N) is 2. The van der Waals surface area contributed by atoms with Gasteiger partial charge in [-0.05, 0) is 66.4 Å². The first-order valence-corrected chi connectivity index (χ1v) is 11.8. The Balaban J connectivity index is 2.13. The van der Waals surface area contributed by atoms with Crippen LogP contribution in [0.2, 0.25) is 0 Å². The third kappa shape index (κ3) is 4.71. The maximum atomic E-state index is 5.37. The van der Waals surface area contributed by atoms with Crippen molar-refractivity contribution in [2.75, 3.05) is 14.2 Å². The molecule has 0 amide bonds. The van der Waals surface area contributed by atoms with Gasteiger partial charge in [0.1, 0.15) is 11.5 Å². The minimum atomic E-state index is 0.668. The van der Waals surface area contributed by atoms with E-state index in [1.165, 1.54) is 0 Å². The highest BCUT2D eigenvalue weighted by molar-refractivity contribution is 6.05. The van der Waals surface area contributed by atoms with E-state index >= 15 is 0 Å². The van der Waals surface area contributed by atoms with Crippen LogP contribution in [0.25, 0.3) is 51.3 Å². The summed E-state index contributed by atoms with van der Waals surface area (Å²) in [5, 5.41) is 4.04. The van der Waals surface area contributed by atoms with Crippen molar-refractivity contribution in [1.82, 2.24) is 9.97 Å². The molecular weight excluding hydrogens is 444 g/mol. The number of rotatable bonds is 7. The van der Waals surface area contributed by atoms with Crippen molar-refractivity contribution < 1.29 is 9.47 Å². The van der Waals surface area contributed by atoms with Gasteiger partial charge in [-0.2, -0.15) is 0 Å². The molecule has 4 nitrogen and oxygen atoms in total. The molecule has 0 atom stereocenters. The summed E-state index contributed by atoms with van der Waals surface area (Å²) in [4.78, 5) is 10.4. The van der Waals surface area contributed by atoms with Crippen LogP contribution in [-0.4, -0.2) is 24.2 Å². The van der Waals surface area contributed by atoms with Gasteiger partial charge in [0, 0.05) is 16.2 Å². The van der Waals surface area contributed by atoms with E-state index in [1.54, 1.807) is 20.3 Å². The van der Waals surface area contributed by atoms with Crippen LogP contribution in [-0.2, 0) is 4.74 Å². The van der Waals surface area contributed by atoms with Crippen molar-refractivity contribution >= 4 is 40.0 Å². The molecule has 4 aromatic rings. The number of ether oxygens (including phenoxy) is 2. The van der Waals surface area contributed by atoms with Crippen LogP contribution in [0.5, 0.6) is 5.75 Å². The lowest BCUT2D eigenvalue weighted by molar-refractivity contribution is 0.307. The van der Waals surface area contributed by atoms with E-state index in [2.05, 4.69) is 31.4 Å². The summed E-state index contributed by atoms with van der Waals surface area (Å²) in [6, 6.07) is 16.2. The Morgan fingerprint density at radius 1 is 0.917 bits per heavy atom. The highest BCUT2D eigenvalue weighted by Gasteiger charge is 2.16. The fourth-order valence-electron chi connectivity index (χ4n) is 4.16. The molecule has 0 radical (unpaired) electrons. The Morgan fingerprint density at radius 2 is 1.64 bits per heavy atom. The molecule has 3 aromatic carbocycles. The standard InChI is InChI=1S/C32H30N2O2/c1-7-9-12-26-22(4)30-32(28-14-11-10-13-27(26)28)34-31(23-16-19-25(36-6)20-17-23)29(33-30)21(3)15-18-24(8-2)35-5/h7-20H,2,4H2,1,3,5-6H3/b9-7-,21-15+,24-18+,26-12+. The second-order valence-electron chi connectivity index (χ2n) is 8.30. The van der Waals surface area contributed by atoms with Crippen molar-refractivity contribution in [2.24, 2.45) is 0 Å². The summed E-state index contributed by atoms with van der Waals surface area (Å²) in [7, 11) is 3.28. The smallest absolute Gasteiger partial charge is 0.118 e. The van der Waals surface area contributed by atoms with Gasteiger partial charge in [0.2, 0.25) is 0 Å². The SMILES string of the molecule is C=C/C(=C\C=C(/C)c1nc2c(=C)/c(=C\C=C/C)c3ccccc3c2nc1-c1ccc(OC)cc1)OC. The molecule has 0 fully saturated rings. The molecular formula is C32H30N2O2. The van der Waals surface area contributed by atoms with E-state index in [9.17, 15) is 0 Å². The Bertz CT molecular complexity index is 1640. The third-order valence-electron chi connectivity index (χ3n) is 6.11. The zero-order valence-electron chi connectivity index (χ0n) is 21.2. The van der Waals surface area contributed by atoms with Crippen LogP contribution in [0, 0.1) is 0 Å². The Kier molecular flexibility index (Phi) is 7.45. The average Bonchev–Trinajstić information content (AvgIpc) is 2.93. The van der Waals surface area contributed by atoms with Gasteiger partial charge in [0.15, 0.2) is 0 Å². The van der Waals surface area contributed by atoms with Crippen molar-refractivity contribution in [2.45, 2.75) is 13.8 Å². The van der Waals surface area contributed by atoms with Gasteiger partial charge in [0.25, 0.3) is 0 Å². The fourth-order valence-corrected chi connectivity index (χ4v) is 4.16. The topological polar surface area (TPSA) is 44.2 Å². The van der Waals surface area contributed by atoms with Crippen molar-refractivity contribution in [3.63, 3.8) is 0 Å². The number of allylic oxidation sites excluding steroid dienone is 6. The number of benzene rings is 3. The molecule has 0 bridgehead atoms. The van der Waals surface area contributed by atoms with Gasteiger partial charge in [-0.1, -0.05) is 61.7 Å². The van der Waals surface area contributed by atoms with E-state index in [0.717, 1.165) is 60.5 Å². The van der Waals surface area contributed by atoms with Gasteiger partial charge in [0.05, 0.1) is 36.6 Å². The van der Waals surface area contributed by atoms with Crippen molar-refractivity contribution in [1.29, 1.82) is 0 Å². The van der Waals surface area contributed by atoms with E-state index in [1.807, 2.05) is 74.5 Å². The lowest BCUT2D eigenvalue weighted by Gasteiger charge is -2.13. The van der Waals surface area contributed by atoms with Gasteiger partial charge in [-0.15, -0.1) is 0 Å². The van der Waals surface area contributed by atoms with Gasteiger partial charge >= 0.3 is 0 Å². The molecule has 0 N–H and O–H groups in total. The van der Waals surface area contributed by atoms with Crippen LogP contribution in [0.3, 0.4) is 0 Å². The molecule has 0 aliphatic rings. The van der Waals surface area contributed by atoms with E-state index in [4.69, 9.17) is 19.4 Å². The summed E-state index contributed by atoms with van der Waals surface area (Å²) in [5.74, 6) is 1.45.